The molecule has 14 heavy (non-hydrogen) atoms. The van der Waals surface area contributed by atoms with Gasteiger partial charge in [0.15, 0.2) is 0 Å². The average molecular weight is 216 g/mol. The third-order valence-corrected chi connectivity index (χ3v) is 3.33. The second kappa shape index (κ2) is 3.78. The molecule has 5 nitrogen and oxygen atoms in total. The van der Waals surface area contributed by atoms with Crippen LogP contribution in [-0.4, -0.2) is 52.1 Å². The van der Waals surface area contributed by atoms with Gasteiger partial charge in [-0.2, -0.15) is 0 Å². The minimum atomic E-state index is -0.399. The van der Waals surface area contributed by atoms with Gasteiger partial charge in [-0.25, -0.2) is 0 Å². The molecule has 2 N–H and O–H groups in total. The number of aliphatic hydroxyl groups is 1. The Balaban J connectivity index is 1.92. The summed E-state index contributed by atoms with van der Waals surface area (Å²) in [5, 5.41) is 11.7. The van der Waals surface area contributed by atoms with Crippen LogP contribution < -0.4 is 5.32 Å². The minimum Gasteiger partial charge on any atom is -0.391 e. The molecule has 2 amide bonds. The Hall–Kier alpha value is -0.750. The summed E-state index contributed by atoms with van der Waals surface area (Å²) < 4.78 is 0. The van der Waals surface area contributed by atoms with E-state index in [4.69, 9.17) is 0 Å². The number of rotatable bonds is 1. The Bertz CT molecular complexity index is 271. The number of nitrogens with one attached hydrogen (secondary N) is 1. The lowest BCUT2D eigenvalue weighted by Gasteiger charge is -2.19. The lowest BCUT2D eigenvalue weighted by Crippen LogP contribution is -2.44. The zero-order valence-corrected chi connectivity index (χ0v) is 8.42. The molecule has 0 spiro atoms. The quantitative estimate of drug-likeness (QED) is 0.614. The molecule has 0 saturated carbocycles. The predicted octanol–water partition coefficient (Wildman–Crippen LogP) is -0.595. The molecular formula is C8H12N2O3S. The smallest absolute Gasteiger partial charge is 0.279 e. The number of likely N-dealkylation sites (tertiary alicyclic amines) is 1. The number of carbonyl (C=O) groups is 2. The highest BCUT2D eigenvalue weighted by Gasteiger charge is 2.34. The third kappa shape index (κ3) is 1.85. The standard InChI is InChI=1S/C8H12N2O3S/c11-5-1-2-10(3-5)7(12)6-4-14-8(13)9-6/h5-6,11H,1-4H2,(H,9,13)/t5-,6?/m0/s1. The number of carbonyl (C=O) groups excluding carboxylic acids is 2. The summed E-state index contributed by atoms with van der Waals surface area (Å²) in [5.41, 5.74) is 0. The maximum atomic E-state index is 11.7. The molecule has 6 heteroatoms. The predicted molar refractivity (Wildman–Crippen MR) is 52.0 cm³/mol. The van der Waals surface area contributed by atoms with Crippen LogP contribution in [0, 0.1) is 0 Å². The van der Waals surface area contributed by atoms with Crippen LogP contribution >= 0.6 is 11.8 Å². The van der Waals surface area contributed by atoms with E-state index in [1.807, 2.05) is 0 Å². The summed E-state index contributed by atoms with van der Waals surface area (Å²) in [5.74, 6) is 0.435. The van der Waals surface area contributed by atoms with Gasteiger partial charge in [-0.3, -0.25) is 9.59 Å². The highest BCUT2D eigenvalue weighted by atomic mass is 32.2. The van der Waals surface area contributed by atoms with Crippen molar-refractivity contribution in [2.75, 3.05) is 18.8 Å². The van der Waals surface area contributed by atoms with Crippen LogP contribution in [0.5, 0.6) is 0 Å². The van der Waals surface area contributed by atoms with Crippen LogP contribution in [0.2, 0.25) is 0 Å². The molecule has 2 fully saturated rings. The number of β-amino-alcohol motifs (C(OH)–C–C–N with tert-alkyl or cyclic N) is 1. The molecule has 2 atom stereocenters. The molecule has 78 valence electrons. The van der Waals surface area contributed by atoms with Crippen molar-refractivity contribution in [2.45, 2.75) is 18.6 Å². The van der Waals surface area contributed by atoms with E-state index in [9.17, 15) is 14.7 Å². The van der Waals surface area contributed by atoms with Gasteiger partial charge in [0.05, 0.1) is 6.10 Å². The zero-order valence-electron chi connectivity index (χ0n) is 7.60. The number of aliphatic hydroxyl groups excluding tert-OH is 1. The topological polar surface area (TPSA) is 69.6 Å². The Morgan fingerprint density at radius 2 is 2.43 bits per heavy atom. The minimum absolute atomic E-state index is 0.0695. The third-order valence-electron chi connectivity index (χ3n) is 2.45. The van der Waals surface area contributed by atoms with Gasteiger partial charge in [-0.15, -0.1) is 0 Å². The molecule has 0 aromatic carbocycles. The van der Waals surface area contributed by atoms with E-state index in [0.717, 1.165) is 11.8 Å². The Morgan fingerprint density at radius 3 is 2.93 bits per heavy atom. The van der Waals surface area contributed by atoms with Crippen LogP contribution in [0.15, 0.2) is 0 Å². The largest absolute Gasteiger partial charge is 0.391 e. The van der Waals surface area contributed by atoms with Crippen molar-refractivity contribution in [1.29, 1.82) is 0 Å². The van der Waals surface area contributed by atoms with E-state index < -0.39 is 12.1 Å². The summed E-state index contributed by atoms with van der Waals surface area (Å²) in [4.78, 5) is 24.2. The first-order valence-electron chi connectivity index (χ1n) is 4.57. The highest BCUT2D eigenvalue weighted by Crippen LogP contribution is 2.17. The molecule has 2 saturated heterocycles. The van der Waals surface area contributed by atoms with Crippen molar-refractivity contribution in [2.24, 2.45) is 0 Å². The molecule has 2 aliphatic heterocycles. The monoisotopic (exact) mass is 216 g/mol. The van der Waals surface area contributed by atoms with Gasteiger partial charge in [0, 0.05) is 18.8 Å². The Morgan fingerprint density at radius 1 is 1.64 bits per heavy atom. The van der Waals surface area contributed by atoms with Gasteiger partial charge in [0.25, 0.3) is 5.24 Å². The molecule has 0 radical (unpaired) electrons. The number of amides is 2. The van der Waals surface area contributed by atoms with E-state index in [2.05, 4.69) is 5.32 Å². The van der Waals surface area contributed by atoms with Gasteiger partial charge < -0.3 is 15.3 Å². The molecule has 2 rings (SSSR count). The van der Waals surface area contributed by atoms with E-state index in [0.29, 0.717) is 25.3 Å². The van der Waals surface area contributed by atoms with Crippen molar-refractivity contribution in [3.05, 3.63) is 0 Å². The lowest BCUT2D eigenvalue weighted by atomic mass is 10.3. The summed E-state index contributed by atoms with van der Waals surface area (Å²) in [7, 11) is 0. The van der Waals surface area contributed by atoms with Crippen LogP contribution in [0.3, 0.4) is 0 Å². The second-order valence-corrected chi connectivity index (χ2v) is 4.51. The molecular weight excluding hydrogens is 204 g/mol. The maximum absolute atomic E-state index is 11.7. The van der Waals surface area contributed by atoms with Crippen LogP contribution in [0.25, 0.3) is 0 Å². The highest BCUT2D eigenvalue weighted by molar-refractivity contribution is 8.14. The van der Waals surface area contributed by atoms with Crippen molar-refractivity contribution in [3.8, 4) is 0 Å². The van der Waals surface area contributed by atoms with E-state index in [1.165, 1.54) is 0 Å². The van der Waals surface area contributed by atoms with Gasteiger partial charge in [0.1, 0.15) is 6.04 Å². The fourth-order valence-electron chi connectivity index (χ4n) is 1.68. The summed E-state index contributed by atoms with van der Waals surface area (Å²) in [6.07, 6.45) is 0.239. The normalized spacial score (nSPS) is 32.1. The summed E-state index contributed by atoms with van der Waals surface area (Å²) in [6.45, 7) is 0.993. The molecule has 0 aliphatic carbocycles. The molecule has 0 aromatic rings. The molecule has 2 aliphatic rings. The number of thioether (sulfide) groups is 1. The Kier molecular flexibility index (Phi) is 2.64. The maximum Gasteiger partial charge on any atom is 0.279 e. The van der Waals surface area contributed by atoms with Gasteiger partial charge >= 0.3 is 0 Å². The summed E-state index contributed by atoms with van der Waals surface area (Å²) in [6, 6.07) is -0.391. The van der Waals surface area contributed by atoms with E-state index in [1.54, 1.807) is 4.90 Å². The van der Waals surface area contributed by atoms with Crippen molar-refractivity contribution >= 4 is 22.9 Å². The van der Waals surface area contributed by atoms with Gasteiger partial charge in [-0.05, 0) is 6.42 Å². The number of hydrogen-bond donors (Lipinski definition) is 2. The lowest BCUT2D eigenvalue weighted by molar-refractivity contribution is -0.131. The first-order valence-corrected chi connectivity index (χ1v) is 5.55. The number of nitrogens with zero attached hydrogens (tertiary/aromatic N) is 1. The van der Waals surface area contributed by atoms with E-state index in [-0.39, 0.29) is 11.1 Å². The van der Waals surface area contributed by atoms with Crippen molar-refractivity contribution < 1.29 is 14.7 Å². The van der Waals surface area contributed by atoms with Crippen LogP contribution in [0.1, 0.15) is 6.42 Å². The molecule has 0 bridgehead atoms. The first-order chi connectivity index (χ1) is 6.66. The molecule has 2 heterocycles. The van der Waals surface area contributed by atoms with Gasteiger partial charge in [0.2, 0.25) is 5.91 Å². The first kappa shape index (κ1) is 9.79. The SMILES string of the molecule is O=C1NC(C(=O)N2CC[C@H](O)C2)CS1. The van der Waals surface area contributed by atoms with Crippen LogP contribution in [0.4, 0.5) is 4.79 Å². The molecule has 1 unspecified atom stereocenters. The zero-order chi connectivity index (χ0) is 10.1. The van der Waals surface area contributed by atoms with Gasteiger partial charge in [-0.1, -0.05) is 11.8 Å². The Labute approximate surface area is 85.8 Å². The second-order valence-electron chi connectivity index (χ2n) is 3.52. The fourth-order valence-corrected chi connectivity index (χ4v) is 2.45. The van der Waals surface area contributed by atoms with Crippen molar-refractivity contribution in [1.82, 2.24) is 10.2 Å². The molecule has 0 aromatic heterocycles. The van der Waals surface area contributed by atoms with E-state index >= 15 is 0 Å². The number of hydrogen-bond acceptors (Lipinski definition) is 4. The van der Waals surface area contributed by atoms with Crippen molar-refractivity contribution in [3.63, 3.8) is 0 Å². The fraction of sp³-hybridized carbons (Fsp3) is 0.750. The van der Waals surface area contributed by atoms with Crippen LogP contribution in [-0.2, 0) is 4.79 Å². The summed E-state index contributed by atoms with van der Waals surface area (Å²) >= 11 is 1.13. The average Bonchev–Trinajstić information content (AvgIpc) is 2.73.